The molecular formula is C19H24N2O4. The van der Waals surface area contributed by atoms with Crippen LogP contribution >= 0.6 is 0 Å². The van der Waals surface area contributed by atoms with E-state index in [9.17, 15) is 9.59 Å². The molecule has 0 unspecified atom stereocenters. The van der Waals surface area contributed by atoms with Crippen molar-refractivity contribution in [1.82, 2.24) is 9.97 Å². The molecule has 0 amide bonds. The number of esters is 1. The number of nitrogens with zero attached hydrogens (tertiary/aromatic N) is 1. The van der Waals surface area contributed by atoms with Crippen LogP contribution in [-0.2, 0) is 16.0 Å². The SMILES string of the molecule is CCOC(=O)CCCC(=O)c1ccc(OCCCc2cnc[nH]2)cc1. The lowest BCUT2D eigenvalue weighted by Crippen LogP contribution is -2.06. The quantitative estimate of drug-likeness (QED) is 0.384. The molecule has 1 N–H and O–H groups in total. The summed E-state index contributed by atoms with van der Waals surface area (Å²) in [7, 11) is 0. The maximum atomic E-state index is 12.1. The second kappa shape index (κ2) is 10.3. The topological polar surface area (TPSA) is 81.3 Å². The van der Waals surface area contributed by atoms with Gasteiger partial charge in [0.05, 0.1) is 19.5 Å². The van der Waals surface area contributed by atoms with E-state index in [0.717, 1.165) is 24.3 Å². The van der Waals surface area contributed by atoms with Crippen molar-refractivity contribution >= 4 is 11.8 Å². The molecule has 2 aromatic rings. The minimum absolute atomic E-state index is 0.0232. The predicted octanol–water partition coefficient (Wildman–Crippen LogP) is 3.34. The van der Waals surface area contributed by atoms with Gasteiger partial charge in [0.25, 0.3) is 0 Å². The largest absolute Gasteiger partial charge is 0.494 e. The number of nitrogens with one attached hydrogen (secondary N) is 1. The van der Waals surface area contributed by atoms with E-state index in [1.165, 1.54) is 0 Å². The molecular weight excluding hydrogens is 320 g/mol. The molecule has 0 aliphatic heterocycles. The van der Waals surface area contributed by atoms with E-state index < -0.39 is 0 Å². The number of hydrogen-bond acceptors (Lipinski definition) is 5. The molecule has 6 nitrogen and oxygen atoms in total. The number of H-pyrrole nitrogens is 1. The Morgan fingerprint density at radius 3 is 2.60 bits per heavy atom. The van der Waals surface area contributed by atoms with Gasteiger partial charge in [-0.15, -0.1) is 0 Å². The first-order chi connectivity index (χ1) is 12.2. The standard InChI is InChI=1S/C19H24N2O4/c1-2-24-19(23)7-3-6-18(22)15-8-10-17(11-9-15)25-12-4-5-16-13-20-14-21-16/h8-11,13-14H,2-7,12H2,1H3,(H,20,21). The average Bonchev–Trinajstić information content (AvgIpc) is 3.13. The Balaban J connectivity index is 1.67. The van der Waals surface area contributed by atoms with Gasteiger partial charge in [-0.3, -0.25) is 9.59 Å². The average molecular weight is 344 g/mol. The lowest BCUT2D eigenvalue weighted by Gasteiger charge is -2.07. The number of aryl methyl sites for hydroxylation is 1. The normalized spacial score (nSPS) is 10.4. The smallest absolute Gasteiger partial charge is 0.305 e. The predicted molar refractivity (Wildman–Crippen MR) is 93.7 cm³/mol. The van der Waals surface area contributed by atoms with Gasteiger partial charge in [0.15, 0.2) is 5.78 Å². The highest BCUT2D eigenvalue weighted by Gasteiger charge is 2.08. The number of hydrogen-bond donors (Lipinski definition) is 1. The van der Waals surface area contributed by atoms with Gasteiger partial charge in [-0.1, -0.05) is 0 Å². The Morgan fingerprint density at radius 2 is 1.92 bits per heavy atom. The van der Waals surface area contributed by atoms with Gasteiger partial charge in [0, 0.05) is 30.3 Å². The van der Waals surface area contributed by atoms with Crippen molar-refractivity contribution < 1.29 is 19.1 Å². The number of ether oxygens (including phenoxy) is 2. The lowest BCUT2D eigenvalue weighted by atomic mass is 10.1. The highest BCUT2D eigenvalue weighted by atomic mass is 16.5. The molecule has 0 saturated carbocycles. The van der Waals surface area contributed by atoms with Crippen LogP contribution in [0.4, 0.5) is 0 Å². The number of ketones is 1. The Hall–Kier alpha value is -2.63. The Morgan fingerprint density at radius 1 is 1.12 bits per heavy atom. The van der Waals surface area contributed by atoms with Gasteiger partial charge in [-0.2, -0.15) is 0 Å². The zero-order valence-corrected chi connectivity index (χ0v) is 14.5. The number of imidazole rings is 1. The maximum absolute atomic E-state index is 12.1. The van der Waals surface area contributed by atoms with Crippen LogP contribution in [0.15, 0.2) is 36.8 Å². The summed E-state index contributed by atoms with van der Waals surface area (Å²) >= 11 is 0. The van der Waals surface area contributed by atoms with Gasteiger partial charge >= 0.3 is 5.97 Å². The number of aromatic amines is 1. The second-order valence-corrected chi connectivity index (χ2v) is 5.63. The van der Waals surface area contributed by atoms with Gasteiger partial charge in [-0.25, -0.2) is 4.98 Å². The van der Waals surface area contributed by atoms with Crippen LogP contribution in [0.25, 0.3) is 0 Å². The minimum Gasteiger partial charge on any atom is -0.494 e. The zero-order chi connectivity index (χ0) is 17.9. The summed E-state index contributed by atoms with van der Waals surface area (Å²) in [6, 6.07) is 7.12. The molecule has 0 aliphatic carbocycles. The molecule has 1 aromatic heterocycles. The highest BCUT2D eigenvalue weighted by Crippen LogP contribution is 2.15. The third-order valence-corrected chi connectivity index (χ3v) is 3.68. The Kier molecular flexibility index (Phi) is 7.69. The summed E-state index contributed by atoms with van der Waals surface area (Å²) in [5, 5.41) is 0. The first kappa shape index (κ1) is 18.7. The summed E-state index contributed by atoms with van der Waals surface area (Å²) in [4.78, 5) is 30.4. The summed E-state index contributed by atoms with van der Waals surface area (Å²) in [5.41, 5.74) is 1.72. The van der Waals surface area contributed by atoms with Crippen molar-refractivity contribution in [2.75, 3.05) is 13.2 Å². The summed E-state index contributed by atoms with van der Waals surface area (Å²) < 4.78 is 10.5. The fraction of sp³-hybridized carbons (Fsp3) is 0.421. The number of carbonyl (C=O) groups excluding carboxylic acids is 2. The van der Waals surface area contributed by atoms with Crippen molar-refractivity contribution in [2.24, 2.45) is 0 Å². The molecule has 0 bridgehead atoms. The number of benzene rings is 1. The van der Waals surface area contributed by atoms with E-state index >= 15 is 0 Å². The monoisotopic (exact) mass is 344 g/mol. The third-order valence-electron chi connectivity index (χ3n) is 3.68. The minimum atomic E-state index is -0.255. The van der Waals surface area contributed by atoms with Crippen molar-refractivity contribution in [3.63, 3.8) is 0 Å². The summed E-state index contributed by atoms with van der Waals surface area (Å²) in [6.45, 7) is 2.74. The van der Waals surface area contributed by atoms with Gasteiger partial charge < -0.3 is 14.5 Å². The highest BCUT2D eigenvalue weighted by molar-refractivity contribution is 5.96. The lowest BCUT2D eigenvalue weighted by molar-refractivity contribution is -0.143. The molecule has 6 heteroatoms. The molecule has 1 aromatic carbocycles. The van der Waals surface area contributed by atoms with E-state index in [1.54, 1.807) is 37.5 Å². The molecule has 1 heterocycles. The first-order valence-corrected chi connectivity index (χ1v) is 8.58. The van der Waals surface area contributed by atoms with Crippen LogP contribution in [0.1, 0.15) is 48.7 Å². The van der Waals surface area contributed by atoms with Crippen LogP contribution in [0.2, 0.25) is 0 Å². The van der Waals surface area contributed by atoms with Crippen LogP contribution in [-0.4, -0.2) is 34.9 Å². The number of aromatic nitrogens is 2. The fourth-order valence-corrected chi connectivity index (χ4v) is 2.38. The molecule has 0 atom stereocenters. The summed E-state index contributed by atoms with van der Waals surface area (Å²) in [5.74, 6) is 0.511. The molecule has 0 spiro atoms. The molecule has 25 heavy (non-hydrogen) atoms. The van der Waals surface area contributed by atoms with Gasteiger partial charge in [0.1, 0.15) is 5.75 Å². The molecule has 134 valence electrons. The van der Waals surface area contributed by atoms with Crippen LogP contribution < -0.4 is 4.74 Å². The number of rotatable bonds is 11. The summed E-state index contributed by atoms with van der Waals surface area (Å²) in [6.07, 6.45) is 6.36. The van der Waals surface area contributed by atoms with Crippen LogP contribution in [0.5, 0.6) is 5.75 Å². The van der Waals surface area contributed by atoms with Crippen LogP contribution in [0.3, 0.4) is 0 Å². The van der Waals surface area contributed by atoms with E-state index in [2.05, 4.69) is 9.97 Å². The van der Waals surface area contributed by atoms with E-state index in [4.69, 9.17) is 9.47 Å². The fourth-order valence-electron chi connectivity index (χ4n) is 2.38. The third kappa shape index (κ3) is 6.79. The molecule has 0 saturated heterocycles. The second-order valence-electron chi connectivity index (χ2n) is 5.63. The molecule has 0 radical (unpaired) electrons. The van der Waals surface area contributed by atoms with Gasteiger partial charge in [0.2, 0.25) is 0 Å². The molecule has 2 rings (SSSR count). The first-order valence-electron chi connectivity index (χ1n) is 8.58. The molecule has 0 fully saturated rings. The Labute approximate surface area is 147 Å². The van der Waals surface area contributed by atoms with Gasteiger partial charge in [-0.05, 0) is 50.5 Å². The van der Waals surface area contributed by atoms with Crippen LogP contribution in [0, 0.1) is 0 Å². The van der Waals surface area contributed by atoms with E-state index in [-0.39, 0.29) is 18.2 Å². The maximum Gasteiger partial charge on any atom is 0.305 e. The van der Waals surface area contributed by atoms with E-state index in [0.29, 0.717) is 31.6 Å². The number of carbonyl (C=O) groups is 2. The molecule has 0 aliphatic rings. The van der Waals surface area contributed by atoms with Crippen molar-refractivity contribution in [1.29, 1.82) is 0 Å². The zero-order valence-electron chi connectivity index (χ0n) is 14.5. The Bertz CT molecular complexity index is 651. The van der Waals surface area contributed by atoms with Crippen molar-refractivity contribution in [2.45, 2.75) is 39.0 Å². The van der Waals surface area contributed by atoms with Crippen molar-refractivity contribution in [3.05, 3.63) is 48.0 Å². The van der Waals surface area contributed by atoms with E-state index in [1.807, 2.05) is 6.20 Å². The van der Waals surface area contributed by atoms with Crippen molar-refractivity contribution in [3.8, 4) is 5.75 Å². The number of Topliss-reactive ketones (excluding diaryl/α,β-unsaturated/α-hetero) is 1.